The van der Waals surface area contributed by atoms with E-state index in [4.69, 9.17) is 0 Å². The number of nitrogens with zero attached hydrogens (tertiary/aromatic N) is 1. The van der Waals surface area contributed by atoms with Gasteiger partial charge >= 0.3 is 0 Å². The number of aliphatic hydroxyl groups is 3. The molecule has 3 N–H and O–H groups in total. The van der Waals surface area contributed by atoms with Crippen molar-refractivity contribution in [3.8, 4) is 0 Å². The third-order valence-corrected chi connectivity index (χ3v) is 3.39. The molecule has 6 atom stereocenters. The van der Waals surface area contributed by atoms with Crippen molar-refractivity contribution in [1.82, 2.24) is 4.90 Å². The fraction of sp³-hybridized carbons (Fsp3) is 0.889. The van der Waals surface area contributed by atoms with Crippen molar-refractivity contribution in [2.45, 2.75) is 44.2 Å². The highest BCUT2D eigenvalue weighted by Crippen LogP contribution is 2.44. The number of carbonyl (C=O) groups excluding carboxylic acids is 1. The number of carbonyl (C=O) groups is 1. The second kappa shape index (κ2) is 2.92. The van der Waals surface area contributed by atoms with Crippen LogP contribution in [0.25, 0.3) is 0 Å². The highest BCUT2D eigenvalue weighted by Gasteiger charge is 2.63. The van der Waals surface area contributed by atoms with Crippen molar-refractivity contribution < 1.29 is 20.1 Å². The maximum absolute atomic E-state index is 11.1. The topological polar surface area (TPSA) is 80.8 Å². The molecule has 0 aromatic carbocycles. The van der Waals surface area contributed by atoms with Crippen LogP contribution >= 0.6 is 0 Å². The summed E-state index contributed by atoms with van der Waals surface area (Å²) in [5.41, 5.74) is 0. The van der Waals surface area contributed by atoms with E-state index in [2.05, 4.69) is 0 Å². The highest BCUT2D eigenvalue weighted by molar-refractivity contribution is 5.77. The van der Waals surface area contributed by atoms with Gasteiger partial charge in [-0.3, -0.25) is 4.79 Å². The number of amides is 1. The molecule has 1 saturated heterocycles. The van der Waals surface area contributed by atoms with E-state index in [0.29, 0.717) is 0 Å². The summed E-state index contributed by atoms with van der Waals surface area (Å²) in [7, 11) is 0. The predicted molar refractivity (Wildman–Crippen MR) is 47.3 cm³/mol. The Morgan fingerprint density at radius 3 is 2.14 bits per heavy atom. The molecule has 0 spiro atoms. The van der Waals surface area contributed by atoms with E-state index in [0.717, 1.165) is 0 Å². The van der Waals surface area contributed by atoms with Crippen LogP contribution in [0.5, 0.6) is 0 Å². The van der Waals surface area contributed by atoms with Gasteiger partial charge in [0.15, 0.2) is 0 Å². The molecule has 14 heavy (non-hydrogen) atoms. The summed E-state index contributed by atoms with van der Waals surface area (Å²) in [6, 6.07) is -0.415. The van der Waals surface area contributed by atoms with Gasteiger partial charge in [-0.2, -0.15) is 0 Å². The van der Waals surface area contributed by atoms with E-state index < -0.39 is 18.3 Å². The van der Waals surface area contributed by atoms with Gasteiger partial charge in [0.1, 0.15) is 12.2 Å². The molecule has 5 heteroatoms. The monoisotopic (exact) mass is 201 g/mol. The maximum Gasteiger partial charge on any atom is 0.220 e. The lowest BCUT2D eigenvalue weighted by atomic mass is 9.84. The molecule has 2 fully saturated rings. The standard InChI is InChI=1S/C9H15NO4/c1-3-5-6(10(5)4(2)11)8(13)9(14)7(3)12/h3,5-9,12-14H,1-2H3/t3-,5-,6-,7-,8-,9-,10?/m1/s1. The van der Waals surface area contributed by atoms with Crippen molar-refractivity contribution in [3.63, 3.8) is 0 Å². The number of hydrogen-bond donors (Lipinski definition) is 3. The first kappa shape index (κ1) is 9.89. The van der Waals surface area contributed by atoms with Gasteiger partial charge in [-0.1, -0.05) is 6.92 Å². The Kier molecular flexibility index (Phi) is 2.06. The summed E-state index contributed by atoms with van der Waals surface area (Å²) in [5.74, 6) is -0.297. The zero-order chi connectivity index (χ0) is 10.6. The second-order valence-electron chi connectivity index (χ2n) is 4.24. The van der Waals surface area contributed by atoms with Crippen molar-refractivity contribution >= 4 is 5.91 Å². The molecule has 1 heterocycles. The SMILES string of the molecule is CC(=O)N1[C@@H]2[C@@H](C)[C@@H](O)[C@@H](O)[C@H](O)[C@@H]21. The van der Waals surface area contributed by atoms with Gasteiger partial charge < -0.3 is 20.2 Å². The molecule has 2 rings (SSSR count). The Morgan fingerprint density at radius 1 is 1.07 bits per heavy atom. The number of hydrogen-bond acceptors (Lipinski definition) is 4. The van der Waals surface area contributed by atoms with Crippen molar-refractivity contribution in [2.75, 3.05) is 0 Å². The molecular formula is C9H15NO4. The van der Waals surface area contributed by atoms with Crippen LogP contribution in [0, 0.1) is 5.92 Å². The van der Waals surface area contributed by atoms with E-state index in [9.17, 15) is 20.1 Å². The molecule has 1 saturated carbocycles. The van der Waals surface area contributed by atoms with Crippen LogP contribution in [0.3, 0.4) is 0 Å². The minimum atomic E-state index is -1.14. The second-order valence-corrected chi connectivity index (χ2v) is 4.24. The summed E-state index contributed by atoms with van der Waals surface area (Å²) in [5, 5.41) is 28.6. The molecule has 0 bridgehead atoms. The number of fused-ring (bicyclic) bond motifs is 1. The molecule has 0 aromatic rings. The van der Waals surface area contributed by atoms with E-state index in [1.807, 2.05) is 0 Å². The lowest BCUT2D eigenvalue weighted by Gasteiger charge is -2.30. The van der Waals surface area contributed by atoms with Gasteiger partial charge in [-0.25, -0.2) is 0 Å². The molecule has 1 amide bonds. The minimum Gasteiger partial charge on any atom is -0.390 e. The predicted octanol–water partition coefficient (Wildman–Crippen LogP) is -1.68. The van der Waals surface area contributed by atoms with Gasteiger partial charge in [0.05, 0.1) is 18.2 Å². The number of aliphatic hydroxyl groups excluding tert-OH is 3. The number of rotatable bonds is 0. The lowest BCUT2D eigenvalue weighted by molar-refractivity contribution is -0.125. The Balaban J connectivity index is 2.19. The molecule has 80 valence electrons. The highest BCUT2D eigenvalue weighted by atomic mass is 16.4. The van der Waals surface area contributed by atoms with Gasteiger partial charge in [0.25, 0.3) is 0 Å². The smallest absolute Gasteiger partial charge is 0.220 e. The average Bonchev–Trinajstić information content (AvgIpc) is 2.86. The van der Waals surface area contributed by atoms with Crippen molar-refractivity contribution in [1.29, 1.82) is 0 Å². The minimum absolute atomic E-state index is 0.110. The van der Waals surface area contributed by atoms with Crippen LogP contribution in [0.2, 0.25) is 0 Å². The lowest BCUT2D eigenvalue weighted by Crippen LogP contribution is -2.50. The largest absolute Gasteiger partial charge is 0.390 e. The van der Waals surface area contributed by atoms with Crippen LogP contribution in [0.4, 0.5) is 0 Å². The van der Waals surface area contributed by atoms with Gasteiger partial charge in [-0.05, 0) is 0 Å². The van der Waals surface area contributed by atoms with E-state index in [-0.39, 0.29) is 23.9 Å². The van der Waals surface area contributed by atoms with E-state index >= 15 is 0 Å². The molecule has 0 unspecified atom stereocenters. The van der Waals surface area contributed by atoms with Crippen LogP contribution in [-0.4, -0.2) is 56.5 Å². The van der Waals surface area contributed by atoms with Gasteiger partial charge in [0.2, 0.25) is 5.91 Å². The molecular weight excluding hydrogens is 186 g/mol. The van der Waals surface area contributed by atoms with E-state index in [1.165, 1.54) is 11.8 Å². The van der Waals surface area contributed by atoms with Gasteiger partial charge in [0, 0.05) is 12.8 Å². The normalized spacial score (nSPS) is 51.4. The fourth-order valence-electron chi connectivity index (χ4n) is 2.54. The summed E-state index contributed by atoms with van der Waals surface area (Å²) in [4.78, 5) is 12.7. The summed E-state index contributed by atoms with van der Waals surface area (Å²) in [6.45, 7) is 3.21. The Bertz CT molecular complexity index is 250. The zero-order valence-electron chi connectivity index (χ0n) is 8.16. The third kappa shape index (κ3) is 1.09. The van der Waals surface area contributed by atoms with Crippen LogP contribution in [-0.2, 0) is 4.79 Å². The Hall–Kier alpha value is -0.650. The molecule has 2 aliphatic rings. The zero-order valence-corrected chi connectivity index (χ0v) is 8.16. The average molecular weight is 201 g/mol. The molecule has 0 aromatic heterocycles. The first-order chi connectivity index (χ1) is 6.46. The molecule has 5 nitrogen and oxygen atoms in total. The van der Waals surface area contributed by atoms with Crippen LogP contribution < -0.4 is 0 Å². The molecule has 1 aliphatic carbocycles. The van der Waals surface area contributed by atoms with Crippen LogP contribution in [0.15, 0.2) is 0 Å². The maximum atomic E-state index is 11.1. The summed E-state index contributed by atoms with van der Waals surface area (Å²) < 4.78 is 0. The number of likely N-dealkylation sites (tertiary alicyclic amines) is 1. The summed E-state index contributed by atoms with van der Waals surface area (Å²) >= 11 is 0. The van der Waals surface area contributed by atoms with Crippen molar-refractivity contribution in [2.24, 2.45) is 5.92 Å². The summed E-state index contributed by atoms with van der Waals surface area (Å²) in [6.07, 6.45) is -3.11. The quantitative estimate of drug-likeness (QED) is 0.409. The van der Waals surface area contributed by atoms with Crippen LogP contribution in [0.1, 0.15) is 13.8 Å². The van der Waals surface area contributed by atoms with E-state index in [1.54, 1.807) is 6.92 Å². The Labute approximate surface area is 82.0 Å². The third-order valence-electron chi connectivity index (χ3n) is 3.39. The first-order valence-corrected chi connectivity index (χ1v) is 4.80. The Morgan fingerprint density at radius 2 is 1.64 bits per heavy atom. The van der Waals surface area contributed by atoms with Crippen molar-refractivity contribution in [3.05, 3.63) is 0 Å². The molecule has 0 radical (unpaired) electrons. The molecule has 1 aliphatic heterocycles. The van der Waals surface area contributed by atoms with Gasteiger partial charge in [-0.15, -0.1) is 0 Å². The fourth-order valence-corrected chi connectivity index (χ4v) is 2.54. The first-order valence-electron chi connectivity index (χ1n) is 4.80.